The first-order valence-electron chi connectivity index (χ1n) is 4.25. The quantitative estimate of drug-likeness (QED) is 0.592. The third-order valence-electron chi connectivity index (χ3n) is 1.66. The minimum absolute atomic E-state index is 0.129. The first kappa shape index (κ1) is 12.2. The number of esters is 1. The summed E-state index contributed by atoms with van der Waals surface area (Å²) in [5.74, 6) is -0.639. The summed E-state index contributed by atoms with van der Waals surface area (Å²) in [6.07, 6.45) is -2.48. The molecule has 0 aliphatic rings. The summed E-state index contributed by atoms with van der Waals surface area (Å²) in [6, 6.07) is 2.03. The molecule has 0 aliphatic carbocycles. The lowest BCUT2D eigenvalue weighted by atomic mass is 10.2. The van der Waals surface area contributed by atoms with Gasteiger partial charge in [-0.2, -0.15) is 13.2 Å². The number of ether oxygens (including phenoxy) is 1. The molecule has 1 heterocycles. The fraction of sp³-hybridized carbons (Fsp3) is 0.200. The van der Waals surface area contributed by atoms with Crippen LogP contribution < -0.4 is 0 Å². The third kappa shape index (κ3) is 3.38. The van der Waals surface area contributed by atoms with E-state index in [9.17, 15) is 18.0 Å². The van der Waals surface area contributed by atoms with Crippen molar-refractivity contribution >= 4 is 5.97 Å². The van der Waals surface area contributed by atoms with Crippen LogP contribution in [-0.2, 0) is 22.3 Å². The van der Waals surface area contributed by atoms with E-state index < -0.39 is 17.8 Å². The van der Waals surface area contributed by atoms with Crippen LogP contribution in [0.15, 0.2) is 31.0 Å². The van der Waals surface area contributed by atoms with Crippen LogP contribution >= 0.6 is 0 Å². The Bertz CT molecular complexity index is 384. The molecule has 0 amide bonds. The predicted octanol–water partition coefficient (Wildman–Crippen LogP) is 2.33. The van der Waals surface area contributed by atoms with E-state index in [1.807, 2.05) is 0 Å². The maximum absolute atomic E-state index is 12.1. The van der Waals surface area contributed by atoms with Crippen molar-refractivity contribution in [1.29, 1.82) is 0 Å². The Morgan fingerprint density at radius 2 is 2.19 bits per heavy atom. The molecule has 0 bridgehead atoms. The molecule has 86 valence electrons. The molecule has 0 spiro atoms. The van der Waals surface area contributed by atoms with Crippen molar-refractivity contribution in [1.82, 2.24) is 4.98 Å². The molecule has 1 rings (SSSR count). The van der Waals surface area contributed by atoms with Crippen LogP contribution in [0.1, 0.15) is 11.3 Å². The third-order valence-corrected chi connectivity index (χ3v) is 1.66. The summed E-state index contributed by atoms with van der Waals surface area (Å²) in [5, 5.41) is 0. The van der Waals surface area contributed by atoms with Crippen molar-refractivity contribution in [3.63, 3.8) is 0 Å². The van der Waals surface area contributed by atoms with Gasteiger partial charge in [-0.1, -0.05) is 12.6 Å². The van der Waals surface area contributed by atoms with Crippen LogP contribution in [0.25, 0.3) is 0 Å². The summed E-state index contributed by atoms with van der Waals surface area (Å²) in [5.41, 5.74) is -0.602. The van der Waals surface area contributed by atoms with Crippen LogP contribution in [0.5, 0.6) is 0 Å². The fourth-order valence-electron chi connectivity index (χ4n) is 0.891. The topological polar surface area (TPSA) is 39.2 Å². The number of carbonyl (C=O) groups excluding carboxylic acids is 1. The van der Waals surface area contributed by atoms with Gasteiger partial charge in [0.05, 0.1) is 0 Å². The number of halogens is 3. The molecule has 0 saturated heterocycles. The number of aromatic nitrogens is 1. The van der Waals surface area contributed by atoms with Crippen molar-refractivity contribution in [2.75, 3.05) is 0 Å². The molecule has 0 fully saturated rings. The average Bonchev–Trinajstić information content (AvgIpc) is 2.25. The summed E-state index contributed by atoms with van der Waals surface area (Å²) in [6.45, 7) is 3.05. The molecule has 0 radical (unpaired) electrons. The predicted molar refractivity (Wildman–Crippen MR) is 49.2 cm³/mol. The highest BCUT2D eigenvalue weighted by Gasteiger charge is 2.31. The number of alkyl halides is 3. The number of pyridine rings is 1. The Morgan fingerprint density at radius 1 is 1.50 bits per heavy atom. The highest BCUT2D eigenvalue weighted by Crippen LogP contribution is 2.27. The zero-order valence-corrected chi connectivity index (χ0v) is 8.12. The van der Waals surface area contributed by atoms with Gasteiger partial charge in [0.15, 0.2) is 0 Å². The minimum Gasteiger partial charge on any atom is -0.458 e. The second-order valence-corrected chi connectivity index (χ2v) is 2.86. The van der Waals surface area contributed by atoms with Gasteiger partial charge in [0.25, 0.3) is 0 Å². The lowest BCUT2D eigenvalue weighted by molar-refractivity contribution is -0.141. The summed E-state index contributed by atoms with van der Waals surface area (Å²) in [7, 11) is 0. The largest absolute Gasteiger partial charge is 0.458 e. The zero-order chi connectivity index (χ0) is 12.2. The molecule has 0 saturated carbocycles. The highest BCUT2D eigenvalue weighted by atomic mass is 19.4. The molecule has 6 heteroatoms. The summed E-state index contributed by atoms with van der Waals surface area (Å²) < 4.78 is 41.0. The molecule has 0 unspecified atom stereocenters. The van der Waals surface area contributed by atoms with Crippen LogP contribution in [0.4, 0.5) is 13.2 Å². The van der Waals surface area contributed by atoms with Gasteiger partial charge in [-0.25, -0.2) is 4.79 Å². The van der Waals surface area contributed by atoms with E-state index in [1.165, 1.54) is 6.07 Å². The van der Waals surface area contributed by atoms with E-state index in [1.54, 1.807) is 0 Å². The average molecular weight is 231 g/mol. The normalized spacial score (nSPS) is 10.9. The number of hydrogen-bond donors (Lipinski definition) is 0. The van der Waals surface area contributed by atoms with Crippen molar-refractivity contribution < 1.29 is 22.7 Å². The number of hydrogen-bond acceptors (Lipinski definition) is 3. The molecule has 3 nitrogen and oxygen atoms in total. The molecule has 1 aromatic heterocycles. The maximum atomic E-state index is 12.1. The van der Waals surface area contributed by atoms with Gasteiger partial charge in [-0.3, -0.25) is 4.98 Å². The van der Waals surface area contributed by atoms with E-state index in [0.717, 1.165) is 18.3 Å². The first-order chi connectivity index (χ1) is 7.43. The van der Waals surface area contributed by atoms with Crippen molar-refractivity contribution in [3.8, 4) is 0 Å². The molecule has 0 aromatic carbocycles. The Labute approximate surface area is 89.6 Å². The monoisotopic (exact) mass is 231 g/mol. The molecule has 0 N–H and O–H groups in total. The Kier molecular flexibility index (Phi) is 3.65. The Hall–Kier alpha value is -1.85. The number of rotatable bonds is 3. The van der Waals surface area contributed by atoms with Crippen LogP contribution in [0.2, 0.25) is 0 Å². The van der Waals surface area contributed by atoms with Gasteiger partial charge in [0.2, 0.25) is 0 Å². The van der Waals surface area contributed by atoms with Crippen molar-refractivity contribution in [2.45, 2.75) is 12.8 Å². The fourth-order valence-corrected chi connectivity index (χ4v) is 0.891. The molecular formula is C10H8F3NO2. The van der Waals surface area contributed by atoms with E-state index >= 15 is 0 Å². The Morgan fingerprint density at radius 3 is 2.62 bits per heavy atom. The molecule has 0 atom stereocenters. The first-order valence-corrected chi connectivity index (χ1v) is 4.25. The SMILES string of the molecule is C=CC(=O)OCc1ccc(C(F)(F)F)nc1. The zero-order valence-electron chi connectivity index (χ0n) is 8.12. The van der Waals surface area contributed by atoms with E-state index in [0.29, 0.717) is 5.56 Å². The lowest BCUT2D eigenvalue weighted by Crippen LogP contribution is -2.08. The smallest absolute Gasteiger partial charge is 0.433 e. The van der Waals surface area contributed by atoms with E-state index in [2.05, 4.69) is 16.3 Å². The second kappa shape index (κ2) is 4.78. The van der Waals surface area contributed by atoms with Crippen molar-refractivity contribution in [2.24, 2.45) is 0 Å². The van der Waals surface area contributed by atoms with Gasteiger partial charge < -0.3 is 4.74 Å². The summed E-state index contributed by atoms with van der Waals surface area (Å²) in [4.78, 5) is 13.9. The van der Waals surface area contributed by atoms with E-state index in [-0.39, 0.29) is 6.61 Å². The molecule has 0 aliphatic heterocycles. The number of nitrogens with zero attached hydrogens (tertiary/aromatic N) is 1. The van der Waals surface area contributed by atoms with Crippen LogP contribution in [0.3, 0.4) is 0 Å². The van der Waals surface area contributed by atoms with Gasteiger partial charge in [-0.05, 0) is 6.07 Å². The molecular weight excluding hydrogens is 223 g/mol. The summed E-state index contributed by atoms with van der Waals surface area (Å²) >= 11 is 0. The lowest BCUT2D eigenvalue weighted by Gasteiger charge is -2.06. The highest BCUT2D eigenvalue weighted by molar-refractivity contribution is 5.81. The Balaban J connectivity index is 2.65. The van der Waals surface area contributed by atoms with Gasteiger partial charge in [0.1, 0.15) is 12.3 Å². The van der Waals surface area contributed by atoms with Gasteiger partial charge in [0, 0.05) is 17.8 Å². The van der Waals surface area contributed by atoms with E-state index in [4.69, 9.17) is 0 Å². The second-order valence-electron chi connectivity index (χ2n) is 2.86. The van der Waals surface area contributed by atoms with Gasteiger partial charge >= 0.3 is 12.1 Å². The standard InChI is InChI=1S/C10H8F3NO2/c1-2-9(15)16-6-7-3-4-8(14-5-7)10(11,12)13/h2-5H,1,6H2. The number of carbonyl (C=O) groups is 1. The van der Waals surface area contributed by atoms with Gasteiger partial charge in [-0.15, -0.1) is 0 Å². The maximum Gasteiger partial charge on any atom is 0.433 e. The van der Waals surface area contributed by atoms with Crippen molar-refractivity contribution in [3.05, 3.63) is 42.2 Å². The minimum atomic E-state index is -4.46. The molecule has 1 aromatic rings. The molecule has 16 heavy (non-hydrogen) atoms. The van der Waals surface area contributed by atoms with Crippen LogP contribution in [-0.4, -0.2) is 11.0 Å². The van der Waals surface area contributed by atoms with Crippen LogP contribution in [0, 0.1) is 0 Å².